The highest BCUT2D eigenvalue weighted by Gasteiger charge is 2.31. The minimum absolute atomic E-state index is 0.215. The van der Waals surface area contributed by atoms with Crippen molar-refractivity contribution in [3.63, 3.8) is 0 Å². The number of esters is 1. The molecule has 0 aliphatic carbocycles. The summed E-state index contributed by atoms with van der Waals surface area (Å²) in [5.41, 5.74) is 1.81. The summed E-state index contributed by atoms with van der Waals surface area (Å²) in [6.07, 6.45) is 20.1. The van der Waals surface area contributed by atoms with Gasteiger partial charge in [-0.25, -0.2) is 4.79 Å². The molecule has 3 nitrogen and oxygen atoms in total. The number of hydrogen-bond donors (Lipinski definition) is 1. The zero-order valence-corrected chi connectivity index (χ0v) is 24.9. The quantitative estimate of drug-likeness (QED) is 0.142. The average molecular weight is 503 g/mol. The van der Waals surface area contributed by atoms with Gasteiger partial charge in [-0.05, 0) is 42.2 Å². The highest BCUT2D eigenvalue weighted by Crippen LogP contribution is 2.42. The van der Waals surface area contributed by atoms with Gasteiger partial charge in [0, 0.05) is 11.1 Å². The summed E-state index contributed by atoms with van der Waals surface area (Å²) >= 11 is 0. The van der Waals surface area contributed by atoms with Crippen LogP contribution in [0.25, 0.3) is 0 Å². The van der Waals surface area contributed by atoms with E-state index < -0.39 is 0 Å². The molecule has 0 saturated heterocycles. The molecular weight excluding hydrogens is 444 g/mol. The van der Waals surface area contributed by atoms with Crippen molar-refractivity contribution in [1.29, 1.82) is 0 Å². The number of benzene rings is 1. The summed E-state index contributed by atoms with van der Waals surface area (Å²) in [5.74, 6) is 0.0585. The average Bonchev–Trinajstić information content (AvgIpc) is 2.86. The SMILES string of the molecule is CCCCCCCCCCCCCCCCOC(=O)c1cc(C(C)(C)CC)c(O)c(C(C)(C)CC)c1. The van der Waals surface area contributed by atoms with Gasteiger partial charge in [-0.15, -0.1) is 0 Å². The second-order valence-corrected chi connectivity index (χ2v) is 12.1. The van der Waals surface area contributed by atoms with Gasteiger partial charge in [0.05, 0.1) is 12.2 Å². The Bertz CT molecular complexity index is 710. The maximum Gasteiger partial charge on any atom is 0.338 e. The van der Waals surface area contributed by atoms with Crippen molar-refractivity contribution >= 4 is 5.97 Å². The summed E-state index contributed by atoms with van der Waals surface area (Å²) in [4.78, 5) is 12.9. The van der Waals surface area contributed by atoms with E-state index in [1.54, 1.807) is 0 Å². The normalized spacial score (nSPS) is 12.2. The van der Waals surface area contributed by atoms with E-state index in [1.807, 2.05) is 12.1 Å². The fourth-order valence-electron chi connectivity index (χ4n) is 4.71. The van der Waals surface area contributed by atoms with Crippen LogP contribution in [-0.4, -0.2) is 17.7 Å². The molecular formula is C33H58O3. The van der Waals surface area contributed by atoms with Crippen LogP contribution in [0.3, 0.4) is 0 Å². The molecule has 1 aromatic rings. The molecule has 1 rings (SSSR count). The Hall–Kier alpha value is -1.51. The van der Waals surface area contributed by atoms with E-state index in [1.165, 1.54) is 77.0 Å². The molecule has 0 fully saturated rings. The lowest BCUT2D eigenvalue weighted by molar-refractivity contribution is 0.0497. The number of aromatic hydroxyl groups is 1. The van der Waals surface area contributed by atoms with Crippen molar-refractivity contribution in [3.05, 3.63) is 28.8 Å². The van der Waals surface area contributed by atoms with Crippen LogP contribution < -0.4 is 0 Å². The molecule has 0 aliphatic rings. The van der Waals surface area contributed by atoms with Crippen LogP contribution in [0.15, 0.2) is 12.1 Å². The van der Waals surface area contributed by atoms with Crippen molar-refractivity contribution in [2.75, 3.05) is 6.61 Å². The van der Waals surface area contributed by atoms with Crippen LogP contribution in [0.1, 0.15) is 173 Å². The van der Waals surface area contributed by atoms with Crippen LogP contribution >= 0.6 is 0 Å². The van der Waals surface area contributed by atoms with Crippen molar-refractivity contribution < 1.29 is 14.6 Å². The van der Waals surface area contributed by atoms with Gasteiger partial charge in [0.1, 0.15) is 5.75 Å². The third-order valence-electron chi connectivity index (χ3n) is 8.30. The van der Waals surface area contributed by atoms with Gasteiger partial charge in [-0.3, -0.25) is 0 Å². The maximum absolute atomic E-state index is 12.9. The summed E-state index contributed by atoms with van der Waals surface area (Å²) in [7, 11) is 0. The monoisotopic (exact) mass is 502 g/mol. The number of phenolic OH excluding ortho intramolecular Hbond substituents is 1. The van der Waals surface area contributed by atoms with Gasteiger partial charge in [0.15, 0.2) is 0 Å². The Kier molecular flexibility index (Phi) is 15.4. The third kappa shape index (κ3) is 11.3. The number of carbonyl (C=O) groups excluding carboxylic acids is 1. The first-order valence-corrected chi connectivity index (χ1v) is 15.2. The third-order valence-corrected chi connectivity index (χ3v) is 8.30. The summed E-state index contributed by atoms with van der Waals surface area (Å²) < 4.78 is 5.66. The van der Waals surface area contributed by atoms with E-state index >= 15 is 0 Å². The number of rotatable bonds is 20. The summed E-state index contributed by atoms with van der Waals surface area (Å²) in [6.45, 7) is 15.5. The Labute approximate surface area is 223 Å². The molecule has 0 aliphatic heterocycles. The van der Waals surface area contributed by atoms with Crippen molar-refractivity contribution in [1.82, 2.24) is 0 Å². The molecule has 0 atom stereocenters. The molecule has 0 heterocycles. The maximum atomic E-state index is 12.9. The predicted octanol–water partition coefficient (Wildman–Crippen LogP) is 10.4. The lowest BCUT2D eigenvalue weighted by Crippen LogP contribution is -2.22. The Morgan fingerprint density at radius 1 is 0.667 bits per heavy atom. The van der Waals surface area contributed by atoms with Crippen LogP contribution in [0.2, 0.25) is 0 Å². The first kappa shape index (κ1) is 32.5. The standard InChI is InChI=1S/C33H58O3/c1-8-11-12-13-14-15-16-17-18-19-20-21-22-23-24-36-31(35)27-25-28(32(4,5)9-2)30(34)29(26-27)33(6,7)10-3/h25-26,34H,8-24H2,1-7H3. The van der Waals surface area contributed by atoms with E-state index in [0.717, 1.165) is 36.8 Å². The summed E-state index contributed by atoms with van der Waals surface area (Å²) in [5, 5.41) is 11.1. The Morgan fingerprint density at radius 2 is 1.03 bits per heavy atom. The minimum atomic E-state index is -0.272. The van der Waals surface area contributed by atoms with Crippen molar-refractivity contribution in [2.24, 2.45) is 0 Å². The highest BCUT2D eigenvalue weighted by molar-refractivity contribution is 5.90. The second-order valence-electron chi connectivity index (χ2n) is 12.1. The molecule has 1 N–H and O–H groups in total. The zero-order valence-electron chi connectivity index (χ0n) is 24.9. The van der Waals surface area contributed by atoms with Crippen LogP contribution in [-0.2, 0) is 15.6 Å². The zero-order chi connectivity index (χ0) is 27.0. The van der Waals surface area contributed by atoms with Crippen LogP contribution in [0.4, 0.5) is 0 Å². The molecule has 0 spiro atoms. The number of phenols is 1. The molecule has 0 radical (unpaired) electrons. The number of hydrogen-bond acceptors (Lipinski definition) is 3. The summed E-state index contributed by atoms with van der Waals surface area (Å²) in [6, 6.07) is 3.70. The molecule has 0 unspecified atom stereocenters. The van der Waals surface area contributed by atoms with Gasteiger partial charge in [0.25, 0.3) is 0 Å². The highest BCUT2D eigenvalue weighted by atomic mass is 16.5. The first-order chi connectivity index (χ1) is 17.1. The minimum Gasteiger partial charge on any atom is -0.507 e. The fourth-order valence-corrected chi connectivity index (χ4v) is 4.71. The number of unbranched alkanes of at least 4 members (excludes halogenated alkanes) is 13. The molecule has 0 saturated carbocycles. The van der Waals surface area contributed by atoms with E-state index in [9.17, 15) is 9.90 Å². The largest absolute Gasteiger partial charge is 0.507 e. The number of ether oxygens (including phenoxy) is 1. The van der Waals surface area contributed by atoms with E-state index in [4.69, 9.17) is 4.74 Å². The van der Waals surface area contributed by atoms with Gasteiger partial charge in [0.2, 0.25) is 0 Å². The lowest BCUT2D eigenvalue weighted by atomic mass is 9.75. The smallest absolute Gasteiger partial charge is 0.338 e. The van der Waals surface area contributed by atoms with E-state index in [2.05, 4.69) is 48.5 Å². The molecule has 1 aromatic carbocycles. The predicted molar refractivity (Wildman–Crippen MR) is 155 cm³/mol. The lowest BCUT2D eigenvalue weighted by Gasteiger charge is -2.31. The van der Waals surface area contributed by atoms with Gasteiger partial charge in [-0.2, -0.15) is 0 Å². The fraction of sp³-hybridized carbons (Fsp3) is 0.788. The van der Waals surface area contributed by atoms with Crippen molar-refractivity contribution in [3.8, 4) is 5.75 Å². The molecule has 3 heteroatoms. The van der Waals surface area contributed by atoms with Gasteiger partial charge >= 0.3 is 5.97 Å². The molecule has 0 bridgehead atoms. The Balaban J connectivity index is 2.40. The Morgan fingerprint density at radius 3 is 1.39 bits per heavy atom. The van der Waals surface area contributed by atoms with Crippen LogP contribution in [0.5, 0.6) is 5.75 Å². The topological polar surface area (TPSA) is 46.5 Å². The first-order valence-electron chi connectivity index (χ1n) is 15.2. The molecule has 208 valence electrons. The molecule has 0 aromatic heterocycles. The molecule has 36 heavy (non-hydrogen) atoms. The number of carbonyl (C=O) groups is 1. The van der Waals surface area contributed by atoms with Gasteiger partial charge in [-0.1, -0.05) is 132 Å². The van der Waals surface area contributed by atoms with Crippen LogP contribution in [0, 0.1) is 0 Å². The molecule has 0 amide bonds. The van der Waals surface area contributed by atoms with E-state index in [0.29, 0.717) is 17.9 Å². The van der Waals surface area contributed by atoms with E-state index in [-0.39, 0.29) is 16.8 Å². The van der Waals surface area contributed by atoms with Gasteiger partial charge < -0.3 is 9.84 Å². The van der Waals surface area contributed by atoms with Crippen molar-refractivity contribution in [2.45, 2.75) is 162 Å². The second kappa shape index (κ2) is 17.1.